The van der Waals surface area contributed by atoms with Crippen LogP contribution in [-0.4, -0.2) is 43.0 Å². The Balaban J connectivity index is 1.94. The van der Waals surface area contributed by atoms with Crippen molar-refractivity contribution in [2.24, 2.45) is 0 Å². The summed E-state index contributed by atoms with van der Waals surface area (Å²) in [5.74, 6) is 0.552. The Morgan fingerprint density at radius 1 is 1.40 bits per heavy atom. The van der Waals surface area contributed by atoms with E-state index < -0.39 is 0 Å². The molecule has 0 spiro atoms. The molecule has 0 bridgehead atoms. The van der Waals surface area contributed by atoms with Crippen molar-refractivity contribution < 1.29 is 14.3 Å². The van der Waals surface area contributed by atoms with Gasteiger partial charge in [-0.3, -0.25) is 9.59 Å². The van der Waals surface area contributed by atoms with Crippen molar-refractivity contribution in [2.45, 2.75) is 6.92 Å². The molecule has 2 amide bonds. The molecule has 0 aliphatic carbocycles. The number of rotatable bonds is 4. The zero-order chi connectivity index (χ0) is 14.4. The highest BCUT2D eigenvalue weighted by molar-refractivity contribution is 5.94. The van der Waals surface area contributed by atoms with Crippen LogP contribution in [0.4, 0.5) is 0 Å². The first-order valence-electron chi connectivity index (χ1n) is 6.65. The molecule has 1 N–H and O–H groups in total. The van der Waals surface area contributed by atoms with Gasteiger partial charge in [0.1, 0.15) is 5.75 Å². The normalized spacial score (nSPS) is 15.2. The predicted octanol–water partition coefficient (Wildman–Crippen LogP) is 1.06. The molecule has 0 aromatic heterocycles. The molecule has 1 aromatic rings. The molecule has 1 saturated heterocycles. The summed E-state index contributed by atoms with van der Waals surface area (Å²) in [7, 11) is 0. The Morgan fingerprint density at radius 2 is 2.15 bits per heavy atom. The Kier molecular flexibility index (Phi) is 4.76. The maximum Gasteiger partial charge on any atom is 0.247 e. The Labute approximate surface area is 118 Å². The van der Waals surface area contributed by atoms with E-state index in [1.54, 1.807) is 6.08 Å². The van der Waals surface area contributed by atoms with Gasteiger partial charge in [0.25, 0.3) is 0 Å². The molecular weight excluding hydrogens is 256 g/mol. The summed E-state index contributed by atoms with van der Waals surface area (Å²) in [5, 5.41) is 2.69. The number of ether oxygens (including phenoxy) is 1. The summed E-state index contributed by atoms with van der Waals surface area (Å²) in [4.78, 5) is 24.7. The zero-order valence-corrected chi connectivity index (χ0v) is 11.5. The highest BCUT2D eigenvalue weighted by Crippen LogP contribution is 2.13. The van der Waals surface area contributed by atoms with Crippen LogP contribution < -0.4 is 10.1 Å². The Morgan fingerprint density at radius 3 is 2.80 bits per heavy atom. The summed E-state index contributed by atoms with van der Waals surface area (Å²) in [6.45, 7) is 3.76. The van der Waals surface area contributed by atoms with E-state index in [2.05, 4.69) is 5.32 Å². The molecule has 5 nitrogen and oxygen atoms in total. The van der Waals surface area contributed by atoms with Gasteiger partial charge in [0.05, 0.1) is 13.2 Å². The number of carbonyl (C=O) groups excluding carboxylic acids is 2. The van der Waals surface area contributed by atoms with Crippen LogP contribution in [0.2, 0.25) is 0 Å². The standard InChI is InChI=1S/C15H18N2O3/c1-2-20-13-6-3-12(4-7-13)5-8-15(19)17-10-9-16-14(18)11-17/h3-8H,2,9-11H2,1H3,(H,16,18). The third-order valence-corrected chi connectivity index (χ3v) is 2.96. The maximum atomic E-state index is 11.9. The van der Waals surface area contributed by atoms with Gasteiger partial charge in [0.15, 0.2) is 0 Å². The van der Waals surface area contributed by atoms with Crippen LogP contribution in [-0.2, 0) is 9.59 Å². The molecule has 20 heavy (non-hydrogen) atoms. The molecule has 5 heteroatoms. The summed E-state index contributed by atoms with van der Waals surface area (Å²) in [5.41, 5.74) is 0.920. The van der Waals surface area contributed by atoms with Crippen LogP contribution in [0.5, 0.6) is 5.75 Å². The lowest BCUT2D eigenvalue weighted by molar-refractivity contribution is -0.134. The second-order valence-electron chi connectivity index (χ2n) is 4.45. The average molecular weight is 274 g/mol. The van der Waals surface area contributed by atoms with E-state index in [-0.39, 0.29) is 18.4 Å². The van der Waals surface area contributed by atoms with Crippen molar-refractivity contribution in [3.8, 4) is 5.75 Å². The van der Waals surface area contributed by atoms with Gasteiger partial charge in [0, 0.05) is 19.2 Å². The van der Waals surface area contributed by atoms with Crippen molar-refractivity contribution in [1.82, 2.24) is 10.2 Å². The van der Waals surface area contributed by atoms with Gasteiger partial charge in [-0.1, -0.05) is 12.1 Å². The molecule has 1 aliphatic rings. The van der Waals surface area contributed by atoms with E-state index in [0.29, 0.717) is 19.7 Å². The topological polar surface area (TPSA) is 58.6 Å². The summed E-state index contributed by atoms with van der Waals surface area (Å²) in [6, 6.07) is 7.50. The maximum absolute atomic E-state index is 11.9. The van der Waals surface area contributed by atoms with E-state index in [1.807, 2.05) is 31.2 Å². The van der Waals surface area contributed by atoms with Crippen LogP contribution in [0.1, 0.15) is 12.5 Å². The van der Waals surface area contributed by atoms with Crippen molar-refractivity contribution in [3.63, 3.8) is 0 Å². The molecule has 1 fully saturated rings. The highest BCUT2D eigenvalue weighted by Gasteiger charge is 2.18. The molecule has 1 aromatic carbocycles. The van der Waals surface area contributed by atoms with Gasteiger partial charge in [-0.05, 0) is 30.7 Å². The van der Waals surface area contributed by atoms with E-state index in [1.165, 1.54) is 11.0 Å². The lowest BCUT2D eigenvalue weighted by Crippen LogP contribution is -2.49. The van der Waals surface area contributed by atoms with Crippen molar-refractivity contribution in [2.75, 3.05) is 26.2 Å². The molecule has 0 unspecified atom stereocenters. The van der Waals surface area contributed by atoms with Crippen molar-refractivity contribution in [1.29, 1.82) is 0 Å². The fourth-order valence-electron chi connectivity index (χ4n) is 1.94. The monoisotopic (exact) mass is 274 g/mol. The Bertz CT molecular complexity index is 508. The van der Waals surface area contributed by atoms with Crippen LogP contribution >= 0.6 is 0 Å². The third kappa shape index (κ3) is 3.85. The molecule has 0 atom stereocenters. The Hall–Kier alpha value is -2.30. The van der Waals surface area contributed by atoms with Crippen molar-refractivity contribution in [3.05, 3.63) is 35.9 Å². The molecule has 1 heterocycles. The smallest absolute Gasteiger partial charge is 0.247 e. The van der Waals surface area contributed by atoms with E-state index in [9.17, 15) is 9.59 Å². The van der Waals surface area contributed by atoms with Gasteiger partial charge in [-0.2, -0.15) is 0 Å². The molecule has 2 rings (SSSR count). The SMILES string of the molecule is CCOc1ccc(C=CC(=O)N2CCNC(=O)C2)cc1. The number of nitrogens with one attached hydrogen (secondary N) is 1. The summed E-state index contributed by atoms with van der Waals surface area (Å²) < 4.78 is 5.35. The van der Waals surface area contributed by atoms with Crippen molar-refractivity contribution >= 4 is 17.9 Å². The van der Waals surface area contributed by atoms with Gasteiger partial charge >= 0.3 is 0 Å². The number of nitrogens with zero attached hydrogens (tertiary/aromatic N) is 1. The minimum Gasteiger partial charge on any atom is -0.494 e. The van der Waals surface area contributed by atoms with Gasteiger partial charge < -0.3 is 15.0 Å². The first kappa shape index (κ1) is 14.1. The summed E-state index contributed by atoms with van der Waals surface area (Å²) in [6.07, 6.45) is 3.23. The van der Waals surface area contributed by atoms with Crippen LogP contribution in [0.3, 0.4) is 0 Å². The zero-order valence-electron chi connectivity index (χ0n) is 11.5. The third-order valence-electron chi connectivity index (χ3n) is 2.96. The molecule has 106 valence electrons. The second kappa shape index (κ2) is 6.75. The van der Waals surface area contributed by atoms with Crippen LogP contribution in [0, 0.1) is 0 Å². The lowest BCUT2D eigenvalue weighted by atomic mass is 10.2. The lowest BCUT2D eigenvalue weighted by Gasteiger charge is -2.25. The first-order chi connectivity index (χ1) is 9.69. The second-order valence-corrected chi connectivity index (χ2v) is 4.45. The first-order valence-corrected chi connectivity index (χ1v) is 6.65. The summed E-state index contributed by atoms with van der Waals surface area (Å²) >= 11 is 0. The van der Waals surface area contributed by atoms with E-state index in [0.717, 1.165) is 11.3 Å². The molecule has 0 saturated carbocycles. The average Bonchev–Trinajstić information content (AvgIpc) is 2.46. The largest absolute Gasteiger partial charge is 0.494 e. The fourth-order valence-corrected chi connectivity index (χ4v) is 1.94. The molecular formula is C15H18N2O3. The van der Waals surface area contributed by atoms with E-state index in [4.69, 9.17) is 4.74 Å². The molecule has 0 radical (unpaired) electrons. The number of piperazine rings is 1. The van der Waals surface area contributed by atoms with Gasteiger partial charge in [-0.15, -0.1) is 0 Å². The highest BCUT2D eigenvalue weighted by atomic mass is 16.5. The number of hydrogen-bond acceptors (Lipinski definition) is 3. The number of carbonyl (C=O) groups is 2. The number of hydrogen-bond donors (Lipinski definition) is 1. The van der Waals surface area contributed by atoms with Crippen LogP contribution in [0.25, 0.3) is 6.08 Å². The number of benzene rings is 1. The predicted molar refractivity (Wildman–Crippen MR) is 76.2 cm³/mol. The minimum atomic E-state index is -0.145. The van der Waals surface area contributed by atoms with E-state index >= 15 is 0 Å². The minimum absolute atomic E-state index is 0.112. The number of amides is 2. The van der Waals surface area contributed by atoms with Gasteiger partial charge in [0.2, 0.25) is 11.8 Å². The van der Waals surface area contributed by atoms with Gasteiger partial charge in [-0.25, -0.2) is 0 Å². The fraction of sp³-hybridized carbons (Fsp3) is 0.333. The quantitative estimate of drug-likeness (QED) is 0.835. The molecule has 1 aliphatic heterocycles. The van der Waals surface area contributed by atoms with Crippen LogP contribution in [0.15, 0.2) is 30.3 Å².